The second-order valence-corrected chi connectivity index (χ2v) is 5.20. The van der Waals surface area contributed by atoms with Gasteiger partial charge in [-0.05, 0) is 31.2 Å². The third kappa shape index (κ3) is 7.15. The minimum absolute atomic E-state index is 0.0161. The molecule has 2 atom stereocenters. The molecule has 2 unspecified atom stereocenters. The van der Waals surface area contributed by atoms with Gasteiger partial charge in [-0.25, -0.2) is 4.79 Å². The molecule has 5 nitrogen and oxygen atoms in total. The van der Waals surface area contributed by atoms with Crippen LogP contribution in [0.5, 0.6) is 0 Å². The summed E-state index contributed by atoms with van der Waals surface area (Å²) in [5, 5.41) is 2.74. The number of rotatable bonds is 9. The lowest BCUT2D eigenvalue weighted by Gasteiger charge is -2.20. The number of carbonyl (C=O) groups excluding carboxylic acids is 2. The molecule has 0 radical (unpaired) electrons. The Balaban J connectivity index is 4.23. The van der Waals surface area contributed by atoms with Gasteiger partial charge in [-0.2, -0.15) is 0 Å². The van der Waals surface area contributed by atoms with Gasteiger partial charge in [0.1, 0.15) is 6.04 Å². The minimum Gasteiger partial charge on any atom is -0.467 e. The zero-order valence-electron chi connectivity index (χ0n) is 12.6. The van der Waals surface area contributed by atoms with Crippen LogP contribution in [0.25, 0.3) is 0 Å². The van der Waals surface area contributed by atoms with Gasteiger partial charge < -0.3 is 15.8 Å². The van der Waals surface area contributed by atoms with Crippen LogP contribution in [-0.2, 0) is 14.3 Å². The maximum Gasteiger partial charge on any atom is 0.328 e. The van der Waals surface area contributed by atoms with Crippen molar-refractivity contribution in [3.8, 4) is 0 Å². The van der Waals surface area contributed by atoms with E-state index < -0.39 is 12.0 Å². The first-order chi connectivity index (χ1) is 8.96. The average Bonchev–Trinajstić information content (AvgIpc) is 2.39. The van der Waals surface area contributed by atoms with Gasteiger partial charge >= 0.3 is 5.97 Å². The molecule has 112 valence electrons. The quantitative estimate of drug-likeness (QED) is 0.623. The molecular formula is C14H28N2O3. The lowest BCUT2D eigenvalue weighted by Crippen LogP contribution is -2.45. The van der Waals surface area contributed by atoms with Crippen molar-refractivity contribution >= 4 is 11.9 Å². The van der Waals surface area contributed by atoms with Crippen molar-refractivity contribution in [3.05, 3.63) is 0 Å². The predicted octanol–water partition coefficient (Wildman–Crippen LogP) is 1.46. The Kier molecular flexibility index (Phi) is 9.21. The fraction of sp³-hybridized carbons (Fsp3) is 0.857. The van der Waals surface area contributed by atoms with Gasteiger partial charge in [0.25, 0.3) is 0 Å². The molecule has 0 spiro atoms. The predicted molar refractivity (Wildman–Crippen MR) is 75.5 cm³/mol. The van der Waals surface area contributed by atoms with E-state index in [4.69, 9.17) is 5.73 Å². The average molecular weight is 272 g/mol. The van der Waals surface area contributed by atoms with Crippen LogP contribution in [0.2, 0.25) is 0 Å². The molecule has 19 heavy (non-hydrogen) atoms. The Bertz CT molecular complexity index is 280. The molecule has 0 fully saturated rings. The second kappa shape index (κ2) is 9.78. The fourth-order valence-corrected chi connectivity index (χ4v) is 1.99. The van der Waals surface area contributed by atoms with Gasteiger partial charge in [0.05, 0.1) is 7.11 Å². The van der Waals surface area contributed by atoms with E-state index in [-0.39, 0.29) is 11.8 Å². The van der Waals surface area contributed by atoms with Gasteiger partial charge in [0.15, 0.2) is 0 Å². The molecule has 0 aliphatic heterocycles. The third-order valence-corrected chi connectivity index (χ3v) is 3.37. The Hall–Kier alpha value is -1.10. The molecular weight excluding hydrogens is 244 g/mol. The maximum atomic E-state index is 11.9. The van der Waals surface area contributed by atoms with Gasteiger partial charge in [-0.3, -0.25) is 4.79 Å². The van der Waals surface area contributed by atoms with Crippen LogP contribution < -0.4 is 11.1 Å². The summed E-state index contributed by atoms with van der Waals surface area (Å²) >= 11 is 0. The lowest BCUT2D eigenvalue weighted by atomic mass is 9.96. The Morgan fingerprint density at radius 2 is 1.89 bits per heavy atom. The minimum atomic E-state index is -0.563. The zero-order chi connectivity index (χ0) is 14.8. The highest BCUT2D eigenvalue weighted by atomic mass is 16.5. The largest absolute Gasteiger partial charge is 0.467 e. The molecule has 0 aromatic rings. The number of hydrogen-bond donors (Lipinski definition) is 2. The summed E-state index contributed by atoms with van der Waals surface area (Å²) in [5.74, 6) is 0.00529. The van der Waals surface area contributed by atoms with Gasteiger partial charge in [0, 0.05) is 6.42 Å². The van der Waals surface area contributed by atoms with E-state index in [1.165, 1.54) is 7.11 Å². The molecule has 0 aromatic heterocycles. The second-order valence-electron chi connectivity index (χ2n) is 5.20. The smallest absolute Gasteiger partial charge is 0.328 e. The molecule has 0 rings (SSSR count). The van der Waals surface area contributed by atoms with Crippen molar-refractivity contribution in [2.45, 2.75) is 52.5 Å². The first kappa shape index (κ1) is 17.9. The number of hydrogen-bond acceptors (Lipinski definition) is 4. The SMILES string of the molecule is CCC(CCN)CCC(=O)NC(C(=O)OC)C(C)C. The van der Waals surface area contributed by atoms with Gasteiger partial charge in [-0.15, -0.1) is 0 Å². The monoisotopic (exact) mass is 272 g/mol. The Morgan fingerprint density at radius 1 is 1.26 bits per heavy atom. The van der Waals surface area contributed by atoms with Crippen LogP contribution in [0.3, 0.4) is 0 Å². The van der Waals surface area contributed by atoms with Crippen LogP contribution in [0.4, 0.5) is 0 Å². The molecule has 0 aliphatic rings. The van der Waals surface area contributed by atoms with E-state index in [0.717, 1.165) is 19.3 Å². The molecule has 0 aromatic carbocycles. The summed E-state index contributed by atoms with van der Waals surface area (Å²) in [5.41, 5.74) is 5.53. The standard InChI is InChI=1S/C14H28N2O3/c1-5-11(8-9-15)6-7-12(17)16-13(10(2)3)14(18)19-4/h10-11,13H,5-9,15H2,1-4H3,(H,16,17). The maximum absolute atomic E-state index is 11.9. The van der Waals surface area contributed by atoms with E-state index in [0.29, 0.717) is 18.9 Å². The van der Waals surface area contributed by atoms with Crippen molar-refractivity contribution in [3.63, 3.8) is 0 Å². The number of amides is 1. The number of ether oxygens (including phenoxy) is 1. The molecule has 3 N–H and O–H groups in total. The Labute approximate surface area is 116 Å². The van der Waals surface area contributed by atoms with Crippen LogP contribution in [0, 0.1) is 11.8 Å². The summed E-state index contributed by atoms with van der Waals surface area (Å²) in [6.07, 6.45) is 3.20. The topological polar surface area (TPSA) is 81.4 Å². The first-order valence-corrected chi connectivity index (χ1v) is 7.03. The van der Waals surface area contributed by atoms with E-state index in [2.05, 4.69) is 17.0 Å². The normalized spacial score (nSPS) is 14.0. The van der Waals surface area contributed by atoms with Crippen LogP contribution in [-0.4, -0.2) is 31.6 Å². The first-order valence-electron chi connectivity index (χ1n) is 7.03. The van der Waals surface area contributed by atoms with Crippen molar-refractivity contribution < 1.29 is 14.3 Å². The van der Waals surface area contributed by atoms with E-state index >= 15 is 0 Å². The van der Waals surface area contributed by atoms with Gasteiger partial charge in [-0.1, -0.05) is 27.2 Å². The number of nitrogens with two attached hydrogens (primary N) is 1. The highest BCUT2D eigenvalue weighted by Crippen LogP contribution is 2.14. The lowest BCUT2D eigenvalue weighted by molar-refractivity contribution is -0.146. The number of carbonyl (C=O) groups is 2. The molecule has 0 aliphatic carbocycles. The Morgan fingerprint density at radius 3 is 2.32 bits per heavy atom. The third-order valence-electron chi connectivity index (χ3n) is 3.37. The zero-order valence-corrected chi connectivity index (χ0v) is 12.6. The molecule has 0 saturated carbocycles. The number of esters is 1. The molecule has 0 heterocycles. The summed E-state index contributed by atoms with van der Waals surface area (Å²) in [6.45, 7) is 6.51. The van der Waals surface area contributed by atoms with Crippen LogP contribution in [0.15, 0.2) is 0 Å². The van der Waals surface area contributed by atoms with E-state index in [1.807, 2.05) is 13.8 Å². The summed E-state index contributed by atoms with van der Waals surface area (Å²) < 4.78 is 4.69. The van der Waals surface area contributed by atoms with Crippen molar-refractivity contribution in [2.24, 2.45) is 17.6 Å². The van der Waals surface area contributed by atoms with Crippen molar-refractivity contribution in [1.29, 1.82) is 0 Å². The van der Waals surface area contributed by atoms with Crippen LogP contribution >= 0.6 is 0 Å². The molecule has 0 saturated heterocycles. The summed E-state index contributed by atoms with van der Waals surface area (Å²) in [6, 6.07) is -0.563. The summed E-state index contributed by atoms with van der Waals surface area (Å²) in [4.78, 5) is 23.4. The van der Waals surface area contributed by atoms with E-state index in [9.17, 15) is 9.59 Å². The fourth-order valence-electron chi connectivity index (χ4n) is 1.99. The van der Waals surface area contributed by atoms with Crippen LogP contribution in [0.1, 0.15) is 46.5 Å². The van der Waals surface area contributed by atoms with Crippen molar-refractivity contribution in [1.82, 2.24) is 5.32 Å². The molecule has 5 heteroatoms. The summed E-state index contributed by atoms with van der Waals surface area (Å²) in [7, 11) is 1.33. The van der Waals surface area contributed by atoms with Crippen molar-refractivity contribution in [2.75, 3.05) is 13.7 Å². The van der Waals surface area contributed by atoms with Gasteiger partial charge in [0.2, 0.25) is 5.91 Å². The number of methoxy groups -OCH3 is 1. The van der Waals surface area contributed by atoms with E-state index in [1.54, 1.807) is 0 Å². The highest BCUT2D eigenvalue weighted by molar-refractivity contribution is 5.84. The molecule has 1 amide bonds. The molecule has 0 bridgehead atoms. The highest BCUT2D eigenvalue weighted by Gasteiger charge is 2.24. The number of nitrogens with one attached hydrogen (secondary N) is 1.